The summed E-state index contributed by atoms with van der Waals surface area (Å²) in [6.45, 7) is 6.29. The van der Waals surface area contributed by atoms with Crippen molar-refractivity contribution in [3.63, 3.8) is 0 Å². The van der Waals surface area contributed by atoms with Crippen LogP contribution >= 0.6 is 0 Å². The third-order valence-electron chi connectivity index (χ3n) is 1.85. The third-order valence-corrected chi connectivity index (χ3v) is 1.85. The molecular weight excluding hydrogens is 128 g/mol. The lowest BCUT2D eigenvalue weighted by Crippen LogP contribution is -2.22. The molecule has 1 rings (SSSR count). The van der Waals surface area contributed by atoms with Gasteiger partial charge in [0.15, 0.2) is 0 Å². The second-order valence-electron chi connectivity index (χ2n) is 2.68. The maximum atomic E-state index is 10.7. The summed E-state index contributed by atoms with van der Waals surface area (Å²) in [5.74, 6) is 0.287. The van der Waals surface area contributed by atoms with Crippen LogP contribution in [0.2, 0.25) is 0 Å². The van der Waals surface area contributed by atoms with Gasteiger partial charge in [-0.3, -0.25) is 0 Å². The molecule has 0 aromatic heterocycles. The highest BCUT2D eigenvalue weighted by Crippen LogP contribution is 2.20. The fraction of sp³-hybridized carbons (Fsp3) is 0.625. The SMILES string of the molecule is C=C1CC(CC)COC1=O. The Morgan fingerprint density at radius 1 is 1.80 bits per heavy atom. The quantitative estimate of drug-likeness (QED) is 0.407. The number of rotatable bonds is 1. The summed E-state index contributed by atoms with van der Waals surface area (Å²) in [5, 5.41) is 0. The Kier molecular flexibility index (Phi) is 2.10. The van der Waals surface area contributed by atoms with Crippen LogP contribution < -0.4 is 0 Å². The average molecular weight is 140 g/mol. The Labute approximate surface area is 60.9 Å². The number of carbonyl (C=O) groups is 1. The standard InChI is InChI=1S/C8H12O2/c1-3-7-4-6(2)8(9)10-5-7/h7H,2-5H2,1H3. The first-order valence-electron chi connectivity index (χ1n) is 3.59. The monoisotopic (exact) mass is 140 g/mol. The minimum Gasteiger partial charge on any atom is -0.462 e. The van der Waals surface area contributed by atoms with Crippen LogP contribution in [0.15, 0.2) is 12.2 Å². The summed E-state index contributed by atoms with van der Waals surface area (Å²) < 4.78 is 4.86. The van der Waals surface area contributed by atoms with Crippen LogP contribution in [0.3, 0.4) is 0 Å². The average Bonchev–Trinajstić information content (AvgIpc) is 1.95. The van der Waals surface area contributed by atoms with E-state index in [1.807, 2.05) is 0 Å². The van der Waals surface area contributed by atoms with Gasteiger partial charge in [-0.25, -0.2) is 4.79 Å². The normalized spacial score (nSPS) is 26.3. The molecule has 0 saturated carbocycles. The van der Waals surface area contributed by atoms with Gasteiger partial charge in [-0.05, 0) is 18.8 Å². The fourth-order valence-corrected chi connectivity index (χ4v) is 1.05. The number of carbonyl (C=O) groups excluding carboxylic acids is 1. The Morgan fingerprint density at radius 3 is 3.00 bits per heavy atom. The van der Waals surface area contributed by atoms with E-state index in [0.29, 0.717) is 18.1 Å². The summed E-state index contributed by atoms with van der Waals surface area (Å²) in [4.78, 5) is 10.7. The molecule has 10 heavy (non-hydrogen) atoms. The molecule has 0 aliphatic carbocycles. The molecule has 0 N–H and O–H groups in total. The highest BCUT2D eigenvalue weighted by molar-refractivity contribution is 5.88. The molecule has 1 fully saturated rings. The highest BCUT2D eigenvalue weighted by atomic mass is 16.5. The van der Waals surface area contributed by atoms with Crippen LogP contribution in [0.4, 0.5) is 0 Å². The first kappa shape index (κ1) is 7.32. The van der Waals surface area contributed by atoms with Crippen LogP contribution in [0.25, 0.3) is 0 Å². The molecule has 0 spiro atoms. The molecule has 1 heterocycles. The smallest absolute Gasteiger partial charge is 0.333 e. The zero-order valence-electron chi connectivity index (χ0n) is 6.22. The lowest BCUT2D eigenvalue weighted by atomic mass is 9.96. The van der Waals surface area contributed by atoms with Gasteiger partial charge in [-0.2, -0.15) is 0 Å². The Morgan fingerprint density at radius 2 is 2.50 bits per heavy atom. The van der Waals surface area contributed by atoms with Gasteiger partial charge in [0, 0.05) is 5.57 Å². The number of ether oxygens (including phenoxy) is 1. The van der Waals surface area contributed by atoms with Crippen LogP contribution in [-0.4, -0.2) is 12.6 Å². The largest absolute Gasteiger partial charge is 0.462 e. The summed E-state index contributed by atoms with van der Waals surface area (Å²) in [6.07, 6.45) is 1.88. The fourth-order valence-electron chi connectivity index (χ4n) is 1.05. The van der Waals surface area contributed by atoms with E-state index in [9.17, 15) is 4.79 Å². The van der Waals surface area contributed by atoms with Crippen molar-refractivity contribution in [2.75, 3.05) is 6.61 Å². The molecule has 0 aromatic rings. The van der Waals surface area contributed by atoms with E-state index in [0.717, 1.165) is 12.8 Å². The van der Waals surface area contributed by atoms with Crippen LogP contribution in [0.5, 0.6) is 0 Å². The first-order valence-corrected chi connectivity index (χ1v) is 3.59. The van der Waals surface area contributed by atoms with Gasteiger partial charge in [0.2, 0.25) is 0 Å². The van der Waals surface area contributed by atoms with Crippen molar-refractivity contribution < 1.29 is 9.53 Å². The summed E-state index contributed by atoms with van der Waals surface area (Å²) in [7, 11) is 0. The van der Waals surface area contributed by atoms with Crippen molar-refractivity contribution in [2.24, 2.45) is 5.92 Å². The molecule has 1 atom stereocenters. The maximum absolute atomic E-state index is 10.7. The van der Waals surface area contributed by atoms with Crippen LogP contribution in [0.1, 0.15) is 19.8 Å². The molecule has 2 heteroatoms. The maximum Gasteiger partial charge on any atom is 0.333 e. The predicted octanol–water partition coefficient (Wildman–Crippen LogP) is 1.52. The van der Waals surface area contributed by atoms with Crippen LogP contribution in [-0.2, 0) is 9.53 Å². The van der Waals surface area contributed by atoms with Crippen molar-refractivity contribution in [3.8, 4) is 0 Å². The Balaban J connectivity index is 2.48. The lowest BCUT2D eigenvalue weighted by Gasteiger charge is -2.21. The van der Waals surface area contributed by atoms with Gasteiger partial charge in [-0.1, -0.05) is 13.5 Å². The van der Waals surface area contributed by atoms with E-state index in [1.165, 1.54) is 0 Å². The van der Waals surface area contributed by atoms with Crippen molar-refractivity contribution in [3.05, 3.63) is 12.2 Å². The van der Waals surface area contributed by atoms with E-state index in [4.69, 9.17) is 4.74 Å². The van der Waals surface area contributed by atoms with Crippen molar-refractivity contribution in [1.82, 2.24) is 0 Å². The molecular formula is C8H12O2. The van der Waals surface area contributed by atoms with E-state index in [1.54, 1.807) is 0 Å². The first-order chi connectivity index (χ1) is 4.74. The van der Waals surface area contributed by atoms with Gasteiger partial charge in [0.25, 0.3) is 0 Å². The van der Waals surface area contributed by atoms with E-state index >= 15 is 0 Å². The van der Waals surface area contributed by atoms with Gasteiger partial charge in [-0.15, -0.1) is 0 Å². The summed E-state index contributed by atoms with van der Waals surface area (Å²) in [6, 6.07) is 0. The lowest BCUT2D eigenvalue weighted by molar-refractivity contribution is -0.143. The molecule has 56 valence electrons. The molecule has 1 aliphatic heterocycles. The van der Waals surface area contributed by atoms with E-state index in [-0.39, 0.29) is 5.97 Å². The molecule has 0 aromatic carbocycles. The molecule has 0 amide bonds. The third kappa shape index (κ3) is 1.38. The van der Waals surface area contributed by atoms with Crippen LogP contribution in [0, 0.1) is 5.92 Å². The van der Waals surface area contributed by atoms with E-state index < -0.39 is 0 Å². The molecule has 0 bridgehead atoms. The van der Waals surface area contributed by atoms with Gasteiger partial charge < -0.3 is 4.74 Å². The molecule has 1 unspecified atom stereocenters. The molecule has 1 aliphatic rings. The van der Waals surface area contributed by atoms with Crippen molar-refractivity contribution in [1.29, 1.82) is 0 Å². The molecule has 0 radical (unpaired) electrons. The minimum atomic E-state index is -0.218. The molecule has 1 saturated heterocycles. The zero-order chi connectivity index (χ0) is 7.56. The minimum absolute atomic E-state index is 0.218. The topological polar surface area (TPSA) is 26.3 Å². The number of esters is 1. The second kappa shape index (κ2) is 2.86. The number of cyclic esters (lactones) is 1. The summed E-state index contributed by atoms with van der Waals surface area (Å²) in [5.41, 5.74) is 0.623. The Hall–Kier alpha value is -0.790. The van der Waals surface area contributed by atoms with Gasteiger partial charge in [0.05, 0.1) is 6.61 Å². The van der Waals surface area contributed by atoms with E-state index in [2.05, 4.69) is 13.5 Å². The number of hydrogen-bond acceptors (Lipinski definition) is 2. The Bertz CT molecular complexity index is 161. The highest BCUT2D eigenvalue weighted by Gasteiger charge is 2.21. The molecule has 2 nitrogen and oxygen atoms in total. The zero-order valence-corrected chi connectivity index (χ0v) is 6.22. The summed E-state index contributed by atoms with van der Waals surface area (Å²) >= 11 is 0. The number of hydrogen-bond donors (Lipinski definition) is 0. The van der Waals surface area contributed by atoms with Crippen molar-refractivity contribution >= 4 is 5.97 Å². The van der Waals surface area contributed by atoms with Gasteiger partial charge >= 0.3 is 5.97 Å². The van der Waals surface area contributed by atoms with Gasteiger partial charge in [0.1, 0.15) is 0 Å². The second-order valence-corrected chi connectivity index (χ2v) is 2.68. The predicted molar refractivity (Wildman–Crippen MR) is 38.5 cm³/mol. The van der Waals surface area contributed by atoms with Crippen molar-refractivity contribution in [2.45, 2.75) is 19.8 Å².